The predicted molar refractivity (Wildman–Crippen MR) is 114 cm³/mol. The van der Waals surface area contributed by atoms with Crippen LogP contribution in [0, 0.1) is 11.6 Å². The van der Waals surface area contributed by atoms with Crippen molar-refractivity contribution in [3.63, 3.8) is 0 Å². The quantitative estimate of drug-likeness (QED) is 0.424. The number of fused-ring (bicyclic) bond motifs is 2. The monoisotopic (exact) mass is 500 g/mol. The summed E-state index contributed by atoms with van der Waals surface area (Å²) in [7, 11) is 0. The summed E-state index contributed by atoms with van der Waals surface area (Å²) in [4.78, 5) is 12.8. The summed E-state index contributed by atoms with van der Waals surface area (Å²) in [6, 6.07) is 12.0. The molecule has 0 radical (unpaired) electrons. The maximum atomic E-state index is 13.8. The minimum absolute atomic E-state index is 0.128. The molecule has 2 aliphatic rings. The van der Waals surface area contributed by atoms with Gasteiger partial charge in [0, 0.05) is 21.7 Å². The van der Waals surface area contributed by atoms with E-state index in [-0.39, 0.29) is 30.5 Å². The lowest BCUT2D eigenvalue weighted by molar-refractivity contribution is -0.0165. The first-order chi connectivity index (χ1) is 15.5. The zero-order valence-corrected chi connectivity index (χ0v) is 18.1. The molecule has 2 aliphatic heterocycles. The van der Waals surface area contributed by atoms with Gasteiger partial charge < -0.3 is 18.9 Å². The fraction of sp³-hybridized carbons (Fsp3) is 0.125. The minimum Gasteiger partial charge on any atom is -0.489 e. The van der Waals surface area contributed by atoms with E-state index in [1.165, 1.54) is 24.3 Å². The van der Waals surface area contributed by atoms with Gasteiger partial charge in [0.1, 0.15) is 35.5 Å². The number of allylic oxidation sites excluding steroid dienone is 1. The highest BCUT2D eigenvalue weighted by Crippen LogP contribution is 2.38. The van der Waals surface area contributed by atoms with Crippen LogP contribution in [0.2, 0.25) is 0 Å². The van der Waals surface area contributed by atoms with Gasteiger partial charge in [0.15, 0.2) is 12.6 Å². The Labute approximate surface area is 190 Å². The van der Waals surface area contributed by atoms with Crippen LogP contribution in [0.5, 0.6) is 17.2 Å². The van der Waals surface area contributed by atoms with Gasteiger partial charge >= 0.3 is 0 Å². The molecule has 0 saturated carbocycles. The number of carbonyl (C=O) groups is 1. The van der Waals surface area contributed by atoms with Crippen molar-refractivity contribution in [1.82, 2.24) is 0 Å². The van der Waals surface area contributed by atoms with Gasteiger partial charge in [-0.05, 0) is 42.5 Å². The van der Waals surface area contributed by atoms with Gasteiger partial charge in [0.05, 0.1) is 17.7 Å². The fourth-order valence-electron chi connectivity index (χ4n) is 3.54. The molecule has 8 heteroatoms. The van der Waals surface area contributed by atoms with Gasteiger partial charge in [0.25, 0.3) is 0 Å². The Kier molecular flexibility index (Phi) is 5.40. The summed E-state index contributed by atoms with van der Waals surface area (Å²) in [5, 5.41) is 0. The molecular weight excluding hydrogens is 486 g/mol. The lowest BCUT2D eigenvalue weighted by Crippen LogP contribution is -2.12. The van der Waals surface area contributed by atoms with Crippen molar-refractivity contribution in [3.8, 4) is 17.2 Å². The molecule has 0 spiro atoms. The van der Waals surface area contributed by atoms with Gasteiger partial charge in [-0.25, -0.2) is 8.78 Å². The second kappa shape index (κ2) is 8.37. The number of carbonyl (C=O) groups excluding carboxylic acids is 1. The van der Waals surface area contributed by atoms with E-state index < -0.39 is 11.6 Å². The molecule has 0 aliphatic carbocycles. The third-order valence-electron chi connectivity index (χ3n) is 5.08. The van der Waals surface area contributed by atoms with Crippen molar-refractivity contribution in [2.75, 3.05) is 6.79 Å². The van der Waals surface area contributed by atoms with Crippen LogP contribution in [0.25, 0.3) is 6.08 Å². The summed E-state index contributed by atoms with van der Waals surface area (Å²) >= 11 is 3.45. The Bertz CT molecular complexity index is 1250. The Balaban J connectivity index is 1.39. The molecule has 0 atom stereocenters. The molecule has 162 valence electrons. The van der Waals surface area contributed by atoms with E-state index in [2.05, 4.69) is 15.9 Å². The molecule has 0 amide bonds. The fourth-order valence-corrected chi connectivity index (χ4v) is 4.06. The highest BCUT2D eigenvalue weighted by molar-refractivity contribution is 9.10. The topological polar surface area (TPSA) is 54.0 Å². The molecule has 0 fully saturated rings. The maximum absolute atomic E-state index is 13.8. The van der Waals surface area contributed by atoms with Crippen LogP contribution in [0.1, 0.15) is 27.0 Å². The van der Waals surface area contributed by atoms with E-state index in [0.29, 0.717) is 35.0 Å². The van der Waals surface area contributed by atoms with Crippen LogP contribution in [-0.2, 0) is 18.0 Å². The molecule has 2 heterocycles. The highest BCUT2D eigenvalue weighted by Gasteiger charge is 2.29. The molecule has 3 aromatic carbocycles. The number of hydrogen-bond acceptors (Lipinski definition) is 5. The molecule has 0 aromatic heterocycles. The van der Waals surface area contributed by atoms with Gasteiger partial charge in [-0.1, -0.05) is 22.0 Å². The van der Waals surface area contributed by atoms with Gasteiger partial charge in [-0.2, -0.15) is 0 Å². The van der Waals surface area contributed by atoms with E-state index in [1.807, 2.05) is 12.1 Å². The molecule has 5 rings (SSSR count). The van der Waals surface area contributed by atoms with Crippen LogP contribution in [0.15, 0.2) is 58.8 Å². The molecule has 0 saturated heterocycles. The second-order valence-corrected chi connectivity index (χ2v) is 8.10. The third-order valence-corrected chi connectivity index (χ3v) is 5.53. The van der Waals surface area contributed by atoms with E-state index >= 15 is 0 Å². The van der Waals surface area contributed by atoms with Crippen LogP contribution in [-0.4, -0.2) is 12.6 Å². The van der Waals surface area contributed by atoms with E-state index in [9.17, 15) is 13.6 Å². The Morgan fingerprint density at radius 1 is 1.09 bits per heavy atom. The Morgan fingerprint density at radius 3 is 2.72 bits per heavy atom. The second-order valence-electron chi connectivity index (χ2n) is 7.18. The summed E-state index contributed by atoms with van der Waals surface area (Å²) in [5.74, 6) is -0.266. The molecule has 0 bridgehead atoms. The number of ether oxygens (including phenoxy) is 4. The number of ketones is 1. The van der Waals surface area contributed by atoms with Gasteiger partial charge in [0.2, 0.25) is 5.78 Å². The summed E-state index contributed by atoms with van der Waals surface area (Å²) in [5.41, 5.74) is 1.74. The van der Waals surface area contributed by atoms with Crippen LogP contribution in [0.3, 0.4) is 0 Å². The Morgan fingerprint density at radius 2 is 1.91 bits per heavy atom. The average molecular weight is 501 g/mol. The first-order valence-corrected chi connectivity index (χ1v) is 10.5. The van der Waals surface area contributed by atoms with E-state index in [4.69, 9.17) is 18.9 Å². The first kappa shape index (κ1) is 20.7. The van der Waals surface area contributed by atoms with E-state index in [1.54, 1.807) is 18.2 Å². The predicted octanol–water partition coefficient (Wildman–Crippen LogP) is 5.79. The number of halogens is 3. The highest BCUT2D eigenvalue weighted by atomic mass is 79.9. The van der Waals surface area contributed by atoms with Crippen molar-refractivity contribution in [2.24, 2.45) is 0 Å². The summed E-state index contributed by atoms with van der Waals surface area (Å²) in [6.07, 6.45) is 1.62. The molecule has 0 unspecified atom stereocenters. The third kappa shape index (κ3) is 3.87. The number of rotatable bonds is 4. The van der Waals surface area contributed by atoms with Crippen molar-refractivity contribution in [1.29, 1.82) is 0 Å². The SMILES string of the molecule is O=C1/C(=C/c2cc(Br)cc3c2OCOC3)Oc2cc(OCc3c(F)cccc3F)ccc21. The van der Waals surface area contributed by atoms with E-state index in [0.717, 1.165) is 10.0 Å². The molecular formula is C24H15BrF2O5. The number of Topliss-reactive ketones (excluding diaryl/α,β-unsaturated/α-hetero) is 1. The Hall–Kier alpha value is -3.23. The number of benzene rings is 3. The van der Waals surface area contributed by atoms with Crippen molar-refractivity contribution >= 4 is 27.8 Å². The van der Waals surface area contributed by atoms with Crippen LogP contribution in [0.4, 0.5) is 8.78 Å². The van der Waals surface area contributed by atoms with Crippen molar-refractivity contribution in [3.05, 3.63) is 92.7 Å². The zero-order chi connectivity index (χ0) is 22.2. The lowest BCUT2D eigenvalue weighted by Gasteiger charge is -2.20. The molecule has 5 nitrogen and oxygen atoms in total. The maximum Gasteiger partial charge on any atom is 0.231 e. The zero-order valence-electron chi connectivity index (χ0n) is 16.5. The standard InChI is InChI=1S/C24H15BrF2O5/c25-15-6-13(24-14(7-15)10-29-12-31-24)8-22-23(28)17-5-4-16(9-21(17)32-22)30-11-18-19(26)2-1-3-20(18)27/h1-9H,10-12H2/b22-8-. The summed E-state index contributed by atoms with van der Waals surface area (Å²) < 4.78 is 50.7. The summed E-state index contributed by atoms with van der Waals surface area (Å²) in [6.45, 7) is 0.240. The minimum atomic E-state index is -0.687. The normalized spacial score (nSPS) is 15.7. The number of hydrogen-bond donors (Lipinski definition) is 0. The molecule has 3 aromatic rings. The smallest absolute Gasteiger partial charge is 0.231 e. The van der Waals surface area contributed by atoms with Crippen molar-refractivity contribution in [2.45, 2.75) is 13.2 Å². The van der Waals surface area contributed by atoms with Crippen LogP contribution >= 0.6 is 15.9 Å². The molecule has 0 N–H and O–H groups in total. The van der Waals surface area contributed by atoms with Gasteiger partial charge in [-0.3, -0.25) is 4.79 Å². The average Bonchev–Trinajstić information content (AvgIpc) is 3.08. The van der Waals surface area contributed by atoms with Crippen LogP contribution < -0.4 is 14.2 Å². The van der Waals surface area contributed by atoms with Gasteiger partial charge in [-0.15, -0.1) is 0 Å². The largest absolute Gasteiger partial charge is 0.489 e. The molecule has 32 heavy (non-hydrogen) atoms. The van der Waals surface area contributed by atoms with Crippen molar-refractivity contribution < 1.29 is 32.5 Å². The lowest BCUT2D eigenvalue weighted by atomic mass is 10.1. The first-order valence-electron chi connectivity index (χ1n) is 9.66.